The first kappa shape index (κ1) is 10.3. The first-order valence-corrected chi connectivity index (χ1v) is 5.04. The molecule has 1 aliphatic rings. The molecule has 15 heavy (non-hydrogen) atoms. The van der Waals surface area contributed by atoms with Crippen LogP contribution in [0.2, 0.25) is 5.02 Å². The van der Waals surface area contributed by atoms with Gasteiger partial charge < -0.3 is 10.2 Å². The molecule has 0 aromatic heterocycles. The van der Waals surface area contributed by atoms with Gasteiger partial charge in [-0.15, -0.1) is 0 Å². The van der Waals surface area contributed by atoms with Crippen LogP contribution in [0.5, 0.6) is 0 Å². The maximum atomic E-state index is 10.3. The topological polar surface area (TPSA) is 40.5 Å². The van der Waals surface area contributed by atoms with E-state index in [9.17, 15) is 10.2 Å². The van der Waals surface area contributed by atoms with E-state index in [2.05, 4.69) is 0 Å². The number of benzene rings is 1. The molecule has 1 unspecified atom stereocenters. The van der Waals surface area contributed by atoms with Crippen molar-refractivity contribution in [3.63, 3.8) is 0 Å². The molecular formula is C12H11ClO2. The Morgan fingerprint density at radius 3 is 2.47 bits per heavy atom. The van der Waals surface area contributed by atoms with Gasteiger partial charge in [0.25, 0.3) is 0 Å². The van der Waals surface area contributed by atoms with E-state index in [1.165, 1.54) is 0 Å². The lowest BCUT2D eigenvalue weighted by molar-refractivity contribution is 0.0752. The summed E-state index contributed by atoms with van der Waals surface area (Å²) in [6, 6.07) is 6.95. The van der Waals surface area contributed by atoms with E-state index in [4.69, 9.17) is 11.6 Å². The Bertz CT molecular complexity index is 420. The Labute approximate surface area is 93.1 Å². The van der Waals surface area contributed by atoms with Crippen molar-refractivity contribution in [2.24, 2.45) is 0 Å². The predicted molar refractivity (Wildman–Crippen MR) is 59.8 cm³/mol. The first-order valence-electron chi connectivity index (χ1n) is 4.66. The molecule has 0 amide bonds. The highest BCUT2D eigenvalue weighted by Gasteiger charge is 2.29. The molecule has 3 heteroatoms. The minimum absolute atomic E-state index is 0.176. The van der Waals surface area contributed by atoms with Crippen molar-refractivity contribution in [1.29, 1.82) is 0 Å². The van der Waals surface area contributed by atoms with Gasteiger partial charge in [0.2, 0.25) is 0 Å². The van der Waals surface area contributed by atoms with Crippen LogP contribution in [0.4, 0.5) is 0 Å². The van der Waals surface area contributed by atoms with Crippen LogP contribution >= 0.6 is 11.6 Å². The van der Waals surface area contributed by atoms with Gasteiger partial charge in [-0.1, -0.05) is 29.8 Å². The fraction of sp³-hybridized carbons (Fsp3) is 0.167. The summed E-state index contributed by atoms with van der Waals surface area (Å²) in [5, 5.41) is 20.3. The van der Waals surface area contributed by atoms with E-state index >= 15 is 0 Å². The summed E-state index contributed by atoms with van der Waals surface area (Å²) in [5.41, 5.74) is -0.397. The first-order chi connectivity index (χ1) is 7.10. The number of hydrogen-bond donors (Lipinski definition) is 2. The quantitative estimate of drug-likeness (QED) is 0.767. The molecule has 0 bridgehead atoms. The molecule has 0 saturated heterocycles. The van der Waals surface area contributed by atoms with Crippen molar-refractivity contribution in [2.75, 3.05) is 0 Å². The molecular weight excluding hydrogens is 212 g/mol. The molecule has 0 heterocycles. The lowest BCUT2D eigenvalue weighted by atomic mass is 9.87. The summed E-state index contributed by atoms with van der Waals surface area (Å²) in [7, 11) is 0. The van der Waals surface area contributed by atoms with Crippen LogP contribution in [0.25, 0.3) is 0 Å². The highest BCUT2D eigenvalue weighted by molar-refractivity contribution is 6.30. The van der Waals surface area contributed by atoms with Gasteiger partial charge in [0.1, 0.15) is 5.60 Å². The molecule has 0 aliphatic heterocycles. The average Bonchev–Trinajstić information content (AvgIpc) is 2.18. The smallest absolute Gasteiger partial charge is 0.115 e. The van der Waals surface area contributed by atoms with Gasteiger partial charge in [0.05, 0.1) is 5.76 Å². The second-order valence-corrected chi connectivity index (χ2v) is 4.06. The van der Waals surface area contributed by atoms with Crippen molar-refractivity contribution in [3.05, 3.63) is 58.8 Å². The second-order valence-electron chi connectivity index (χ2n) is 3.63. The van der Waals surface area contributed by atoms with Crippen LogP contribution in [0.3, 0.4) is 0 Å². The fourth-order valence-corrected chi connectivity index (χ4v) is 1.78. The van der Waals surface area contributed by atoms with Crippen molar-refractivity contribution in [2.45, 2.75) is 12.0 Å². The van der Waals surface area contributed by atoms with Gasteiger partial charge in [-0.2, -0.15) is 0 Å². The highest BCUT2D eigenvalue weighted by Crippen LogP contribution is 2.32. The summed E-state index contributed by atoms with van der Waals surface area (Å²) in [6.07, 6.45) is 5.08. The van der Waals surface area contributed by atoms with Crippen LogP contribution in [0.1, 0.15) is 12.0 Å². The highest BCUT2D eigenvalue weighted by atomic mass is 35.5. The molecule has 1 aromatic rings. The molecule has 0 radical (unpaired) electrons. The van der Waals surface area contributed by atoms with Gasteiger partial charge in [-0.05, 0) is 29.8 Å². The van der Waals surface area contributed by atoms with Gasteiger partial charge in [0, 0.05) is 11.4 Å². The van der Waals surface area contributed by atoms with E-state index in [1.54, 1.807) is 42.5 Å². The van der Waals surface area contributed by atoms with Crippen molar-refractivity contribution in [3.8, 4) is 0 Å². The average molecular weight is 223 g/mol. The lowest BCUT2D eigenvalue weighted by Gasteiger charge is -2.26. The molecule has 1 aliphatic carbocycles. The Morgan fingerprint density at radius 1 is 1.20 bits per heavy atom. The van der Waals surface area contributed by atoms with Crippen LogP contribution < -0.4 is 0 Å². The number of rotatable bonds is 1. The van der Waals surface area contributed by atoms with Gasteiger partial charge >= 0.3 is 0 Å². The van der Waals surface area contributed by atoms with E-state index in [-0.39, 0.29) is 12.2 Å². The molecule has 0 fully saturated rings. The standard InChI is InChI=1S/C12H11ClO2/c13-10-5-3-9(4-6-10)12(15)7-1-2-11(14)8-12/h1-7,14-15H,8H2. The minimum atomic E-state index is -1.12. The molecule has 0 saturated carbocycles. The zero-order valence-electron chi connectivity index (χ0n) is 8.02. The summed E-state index contributed by atoms with van der Waals surface area (Å²) < 4.78 is 0. The van der Waals surface area contributed by atoms with E-state index in [0.717, 1.165) is 5.56 Å². The van der Waals surface area contributed by atoms with Crippen LogP contribution in [0, 0.1) is 0 Å². The number of aliphatic hydroxyl groups is 2. The van der Waals surface area contributed by atoms with Crippen molar-refractivity contribution < 1.29 is 10.2 Å². The molecule has 0 spiro atoms. The largest absolute Gasteiger partial charge is 0.512 e. The van der Waals surface area contributed by atoms with Gasteiger partial charge in [-0.3, -0.25) is 0 Å². The third kappa shape index (κ3) is 2.06. The molecule has 78 valence electrons. The Morgan fingerprint density at radius 2 is 1.87 bits per heavy atom. The number of halogens is 1. The Hall–Kier alpha value is -1.25. The van der Waals surface area contributed by atoms with Crippen LogP contribution in [-0.2, 0) is 5.60 Å². The van der Waals surface area contributed by atoms with E-state index < -0.39 is 5.60 Å². The van der Waals surface area contributed by atoms with Crippen LogP contribution in [-0.4, -0.2) is 10.2 Å². The van der Waals surface area contributed by atoms with E-state index in [0.29, 0.717) is 5.02 Å². The summed E-state index contributed by atoms with van der Waals surface area (Å²) in [5.74, 6) is 0.176. The van der Waals surface area contributed by atoms with Gasteiger partial charge in [0.15, 0.2) is 0 Å². The third-order valence-electron chi connectivity index (χ3n) is 2.46. The van der Waals surface area contributed by atoms with E-state index in [1.807, 2.05) is 0 Å². The lowest BCUT2D eigenvalue weighted by Crippen LogP contribution is -2.25. The molecule has 1 aromatic carbocycles. The number of aliphatic hydroxyl groups excluding tert-OH is 1. The monoisotopic (exact) mass is 222 g/mol. The zero-order valence-corrected chi connectivity index (χ0v) is 8.78. The number of hydrogen-bond acceptors (Lipinski definition) is 2. The maximum Gasteiger partial charge on any atom is 0.115 e. The Balaban J connectivity index is 2.35. The molecule has 2 N–H and O–H groups in total. The molecule has 1 atom stereocenters. The zero-order chi connectivity index (χ0) is 10.9. The number of allylic oxidation sites excluding steroid dienone is 2. The van der Waals surface area contributed by atoms with Crippen molar-refractivity contribution in [1.82, 2.24) is 0 Å². The van der Waals surface area contributed by atoms with Gasteiger partial charge in [-0.25, -0.2) is 0 Å². The Kier molecular flexibility index (Phi) is 2.55. The second kappa shape index (κ2) is 3.72. The summed E-state index contributed by atoms with van der Waals surface area (Å²) >= 11 is 5.76. The SMILES string of the molecule is OC1=CC=CC(O)(c2ccc(Cl)cc2)C1. The fourth-order valence-electron chi connectivity index (χ4n) is 1.65. The normalized spacial score (nSPS) is 25.1. The molecule has 2 nitrogen and oxygen atoms in total. The summed E-state index contributed by atoms with van der Waals surface area (Å²) in [4.78, 5) is 0. The predicted octanol–water partition coefficient (Wildman–Crippen LogP) is 2.93. The maximum absolute atomic E-state index is 10.3. The van der Waals surface area contributed by atoms with Crippen molar-refractivity contribution >= 4 is 11.6 Å². The third-order valence-corrected chi connectivity index (χ3v) is 2.71. The minimum Gasteiger partial charge on any atom is -0.512 e. The molecule has 2 rings (SSSR count). The van der Waals surface area contributed by atoms with Crippen LogP contribution in [0.15, 0.2) is 48.3 Å². The summed E-state index contributed by atoms with van der Waals surface area (Å²) in [6.45, 7) is 0.